The highest BCUT2D eigenvalue weighted by molar-refractivity contribution is 5.83. The van der Waals surface area contributed by atoms with Crippen LogP contribution >= 0.6 is 0 Å². The van der Waals surface area contributed by atoms with Crippen LogP contribution in [0.25, 0.3) is 16.7 Å². The minimum absolute atomic E-state index is 0.0668. The van der Waals surface area contributed by atoms with Gasteiger partial charge in [-0.1, -0.05) is 48.0 Å². The topological polar surface area (TPSA) is 68.9 Å². The second-order valence-corrected chi connectivity index (χ2v) is 7.52. The molecule has 1 N–H and O–H groups in total. The summed E-state index contributed by atoms with van der Waals surface area (Å²) in [6.07, 6.45) is 1.45. The van der Waals surface area contributed by atoms with Gasteiger partial charge in [0.15, 0.2) is 5.65 Å². The fourth-order valence-electron chi connectivity index (χ4n) is 3.61. The van der Waals surface area contributed by atoms with Crippen molar-refractivity contribution in [1.82, 2.24) is 19.4 Å². The third kappa shape index (κ3) is 3.64. The van der Waals surface area contributed by atoms with Crippen LogP contribution in [0.4, 0.5) is 0 Å². The molecular formula is C24H24N4O2. The van der Waals surface area contributed by atoms with Crippen molar-refractivity contribution < 1.29 is 4.79 Å². The van der Waals surface area contributed by atoms with E-state index in [0.717, 1.165) is 22.5 Å². The number of nitrogens with zero attached hydrogens (tertiary/aromatic N) is 3. The number of benzene rings is 2. The van der Waals surface area contributed by atoms with Crippen LogP contribution in [0.3, 0.4) is 0 Å². The summed E-state index contributed by atoms with van der Waals surface area (Å²) in [5, 5.41) is 3.41. The lowest BCUT2D eigenvalue weighted by Crippen LogP contribution is -2.32. The molecule has 152 valence electrons. The van der Waals surface area contributed by atoms with Crippen molar-refractivity contribution in [3.8, 4) is 5.69 Å². The molecule has 0 saturated heterocycles. The van der Waals surface area contributed by atoms with E-state index in [4.69, 9.17) is 0 Å². The molecule has 30 heavy (non-hydrogen) atoms. The Balaban J connectivity index is 1.61. The average Bonchev–Trinajstić information content (AvgIpc) is 3.01. The predicted octanol–water partition coefficient (Wildman–Crippen LogP) is 3.43. The van der Waals surface area contributed by atoms with Gasteiger partial charge in [0.05, 0.1) is 5.39 Å². The van der Waals surface area contributed by atoms with Gasteiger partial charge in [-0.05, 0) is 44.0 Å². The standard InChI is InChI=1S/C24H24N4O2/c1-16-9-11-19(12-10-16)13-25-21(29)14-27-15-26-23-22(24(27)30)17(2)18(3)28(23)20-7-5-4-6-8-20/h4-12,15H,13-14H2,1-3H3,(H,25,29). The van der Waals surface area contributed by atoms with E-state index in [2.05, 4.69) is 10.3 Å². The van der Waals surface area contributed by atoms with Gasteiger partial charge in [-0.25, -0.2) is 4.98 Å². The average molecular weight is 400 g/mol. The maximum atomic E-state index is 13.1. The molecule has 0 spiro atoms. The molecule has 0 aliphatic heterocycles. The van der Waals surface area contributed by atoms with Crippen molar-refractivity contribution >= 4 is 16.9 Å². The Bertz CT molecular complexity index is 1270. The van der Waals surface area contributed by atoms with Crippen LogP contribution in [0, 0.1) is 20.8 Å². The number of fused-ring (bicyclic) bond motifs is 1. The Morgan fingerprint density at radius 3 is 2.40 bits per heavy atom. The number of amides is 1. The summed E-state index contributed by atoms with van der Waals surface area (Å²) in [6.45, 7) is 6.27. The normalized spacial score (nSPS) is 11.0. The molecule has 6 heteroatoms. The molecular weight excluding hydrogens is 376 g/mol. The van der Waals surface area contributed by atoms with Crippen LogP contribution in [-0.4, -0.2) is 20.0 Å². The summed E-state index contributed by atoms with van der Waals surface area (Å²) in [5.74, 6) is -0.226. The zero-order valence-corrected chi connectivity index (χ0v) is 17.3. The number of nitrogens with one attached hydrogen (secondary N) is 1. The number of para-hydroxylation sites is 1. The van der Waals surface area contributed by atoms with E-state index in [1.54, 1.807) is 0 Å². The van der Waals surface area contributed by atoms with Gasteiger partial charge in [-0.3, -0.25) is 18.7 Å². The molecule has 0 radical (unpaired) electrons. The molecule has 0 saturated carbocycles. The monoisotopic (exact) mass is 400 g/mol. The number of aromatic nitrogens is 3. The minimum Gasteiger partial charge on any atom is -0.350 e. The first kappa shape index (κ1) is 19.6. The number of aryl methyl sites for hydroxylation is 2. The zero-order valence-electron chi connectivity index (χ0n) is 17.3. The van der Waals surface area contributed by atoms with Crippen LogP contribution in [0.1, 0.15) is 22.4 Å². The molecule has 0 bridgehead atoms. The summed E-state index contributed by atoms with van der Waals surface area (Å²) in [4.78, 5) is 30.1. The lowest BCUT2D eigenvalue weighted by atomic mass is 10.1. The number of hydrogen-bond donors (Lipinski definition) is 1. The largest absolute Gasteiger partial charge is 0.350 e. The molecule has 0 aliphatic rings. The van der Waals surface area contributed by atoms with Crippen LogP contribution in [0.15, 0.2) is 65.7 Å². The van der Waals surface area contributed by atoms with E-state index in [9.17, 15) is 9.59 Å². The van der Waals surface area contributed by atoms with Gasteiger partial charge < -0.3 is 5.32 Å². The summed E-state index contributed by atoms with van der Waals surface area (Å²) >= 11 is 0. The van der Waals surface area contributed by atoms with Gasteiger partial charge in [0.1, 0.15) is 12.9 Å². The molecule has 0 fully saturated rings. The quantitative estimate of drug-likeness (QED) is 0.558. The number of carbonyl (C=O) groups is 1. The first-order valence-electron chi connectivity index (χ1n) is 9.90. The van der Waals surface area contributed by atoms with E-state index in [1.807, 2.05) is 79.9 Å². The van der Waals surface area contributed by atoms with Crippen LogP contribution in [-0.2, 0) is 17.9 Å². The second-order valence-electron chi connectivity index (χ2n) is 7.52. The molecule has 1 amide bonds. The van der Waals surface area contributed by atoms with E-state index in [-0.39, 0.29) is 18.0 Å². The molecule has 6 nitrogen and oxygen atoms in total. The maximum Gasteiger partial charge on any atom is 0.263 e. The molecule has 2 aromatic heterocycles. The SMILES string of the molecule is Cc1ccc(CNC(=O)Cn2cnc3c(c(C)c(C)n3-c3ccccc3)c2=O)cc1. The Hall–Kier alpha value is -3.67. The highest BCUT2D eigenvalue weighted by Crippen LogP contribution is 2.24. The Morgan fingerprint density at radius 2 is 1.70 bits per heavy atom. The summed E-state index contributed by atoms with van der Waals surface area (Å²) in [7, 11) is 0. The van der Waals surface area contributed by atoms with Crippen LogP contribution in [0.2, 0.25) is 0 Å². The summed E-state index contributed by atoms with van der Waals surface area (Å²) < 4.78 is 3.35. The molecule has 0 aliphatic carbocycles. The first-order valence-corrected chi connectivity index (χ1v) is 9.90. The van der Waals surface area contributed by atoms with Gasteiger partial charge in [0, 0.05) is 17.9 Å². The Kier molecular flexibility index (Phi) is 5.23. The zero-order chi connectivity index (χ0) is 21.3. The highest BCUT2D eigenvalue weighted by atomic mass is 16.2. The van der Waals surface area contributed by atoms with Crippen molar-refractivity contribution in [1.29, 1.82) is 0 Å². The molecule has 0 atom stereocenters. The second kappa shape index (κ2) is 7.99. The Labute approximate surface area is 174 Å². The van der Waals surface area contributed by atoms with Gasteiger partial charge in [0.2, 0.25) is 5.91 Å². The predicted molar refractivity (Wildman–Crippen MR) is 118 cm³/mol. The molecule has 4 aromatic rings. The van der Waals surface area contributed by atoms with E-state index in [1.165, 1.54) is 16.5 Å². The smallest absolute Gasteiger partial charge is 0.263 e. The lowest BCUT2D eigenvalue weighted by Gasteiger charge is -2.09. The molecule has 2 aromatic carbocycles. The molecule has 2 heterocycles. The van der Waals surface area contributed by atoms with Gasteiger partial charge in [0.25, 0.3) is 5.56 Å². The minimum atomic E-state index is -0.226. The number of rotatable bonds is 5. The summed E-state index contributed by atoms with van der Waals surface area (Å²) in [5.41, 5.74) is 5.38. The van der Waals surface area contributed by atoms with Crippen LogP contribution < -0.4 is 10.9 Å². The number of carbonyl (C=O) groups excluding carboxylic acids is 1. The molecule has 4 rings (SSSR count). The van der Waals surface area contributed by atoms with E-state index >= 15 is 0 Å². The van der Waals surface area contributed by atoms with Gasteiger partial charge in [-0.2, -0.15) is 0 Å². The van der Waals surface area contributed by atoms with E-state index < -0.39 is 0 Å². The van der Waals surface area contributed by atoms with Crippen molar-refractivity contribution in [2.24, 2.45) is 0 Å². The fourth-order valence-corrected chi connectivity index (χ4v) is 3.61. The van der Waals surface area contributed by atoms with E-state index in [0.29, 0.717) is 17.6 Å². The van der Waals surface area contributed by atoms with Crippen molar-refractivity contribution in [2.75, 3.05) is 0 Å². The van der Waals surface area contributed by atoms with Crippen LogP contribution in [0.5, 0.6) is 0 Å². The highest BCUT2D eigenvalue weighted by Gasteiger charge is 2.18. The number of hydrogen-bond acceptors (Lipinski definition) is 3. The third-order valence-electron chi connectivity index (χ3n) is 5.42. The fraction of sp³-hybridized carbons (Fsp3) is 0.208. The summed E-state index contributed by atoms with van der Waals surface area (Å²) in [6, 6.07) is 17.8. The molecule has 0 unspecified atom stereocenters. The Morgan fingerprint density at radius 1 is 1.00 bits per heavy atom. The van der Waals surface area contributed by atoms with Gasteiger partial charge in [-0.15, -0.1) is 0 Å². The van der Waals surface area contributed by atoms with Crippen molar-refractivity contribution in [3.63, 3.8) is 0 Å². The van der Waals surface area contributed by atoms with Gasteiger partial charge >= 0.3 is 0 Å². The van der Waals surface area contributed by atoms with Crippen molar-refractivity contribution in [3.05, 3.63) is 93.7 Å². The maximum absolute atomic E-state index is 13.1. The first-order chi connectivity index (χ1) is 14.5. The third-order valence-corrected chi connectivity index (χ3v) is 5.42. The van der Waals surface area contributed by atoms with Crippen molar-refractivity contribution in [2.45, 2.75) is 33.9 Å². The lowest BCUT2D eigenvalue weighted by molar-refractivity contribution is -0.121.